The average Bonchev–Trinajstić information content (AvgIpc) is 2.36. The summed E-state index contributed by atoms with van der Waals surface area (Å²) < 4.78 is 5.22. The molecule has 0 spiro atoms. The Labute approximate surface area is 114 Å². The number of ether oxygens (including phenoxy) is 1. The Hall–Kier alpha value is -0.120. The number of hydrogen-bond acceptors (Lipinski definition) is 3. The zero-order chi connectivity index (χ0) is 14.0. The van der Waals surface area contributed by atoms with Gasteiger partial charge in [0, 0.05) is 38.3 Å². The molecule has 0 amide bonds. The number of nitrogens with one attached hydrogen (secondary N) is 1. The zero-order valence-electron chi connectivity index (χ0n) is 13.4. The fourth-order valence-electron chi connectivity index (χ4n) is 2.15. The molecule has 0 aromatic carbocycles. The van der Waals surface area contributed by atoms with Gasteiger partial charge in [0.25, 0.3) is 0 Å². The normalized spacial score (nSPS) is 12.7. The SMILES string of the molecule is CCC(CC)N(CCNC(C)(C)CC)CCOC. The van der Waals surface area contributed by atoms with E-state index in [1.54, 1.807) is 7.11 Å². The van der Waals surface area contributed by atoms with Crippen molar-refractivity contribution in [1.29, 1.82) is 0 Å². The van der Waals surface area contributed by atoms with E-state index in [4.69, 9.17) is 4.74 Å². The molecule has 0 aliphatic carbocycles. The summed E-state index contributed by atoms with van der Waals surface area (Å²) in [6, 6.07) is 0.687. The average molecular weight is 258 g/mol. The van der Waals surface area contributed by atoms with Gasteiger partial charge in [0.2, 0.25) is 0 Å². The first-order valence-electron chi connectivity index (χ1n) is 7.48. The van der Waals surface area contributed by atoms with E-state index >= 15 is 0 Å². The molecule has 0 aromatic heterocycles. The fraction of sp³-hybridized carbons (Fsp3) is 1.00. The van der Waals surface area contributed by atoms with Crippen LogP contribution in [0.1, 0.15) is 53.9 Å². The van der Waals surface area contributed by atoms with E-state index < -0.39 is 0 Å². The third-order valence-corrected chi connectivity index (χ3v) is 3.93. The minimum atomic E-state index is 0.251. The van der Waals surface area contributed by atoms with Crippen LogP contribution in [0.2, 0.25) is 0 Å². The summed E-state index contributed by atoms with van der Waals surface area (Å²) in [5, 5.41) is 3.64. The molecule has 3 nitrogen and oxygen atoms in total. The minimum absolute atomic E-state index is 0.251. The van der Waals surface area contributed by atoms with Crippen molar-refractivity contribution in [2.24, 2.45) is 0 Å². The maximum absolute atomic E-state index is 5.22. The zero-order valence-corrected chi connectivity index (χ0v) is 13.4. The van der Waals surface area contributed by atoms with E-state index in [0.717, 1.165) is 32.7 Å². The highest BCUT2D eigenvalue weighted by Crippen LogP contribution is 2.09. The predicted molar refractivity (Wildman–Crippen MR) is 80.2 cm³/mol. The molecule has 0 heterocycles. The third-order valence-electron chi connectivity index (χ3n) is 3.93. The fourth-order valence-corrected chi connectivity index (χ4v) is 2.15. The molecule has 110 valence electrons. The van der Waals surface area contributed by atoms with E-state index in [1.807, 2.05) is 0 Å². The Morgan fingerprint density at radius 1 is 1.11 bits per heavy atom. The van der Waals surface area contributed by atoms with Gasteiger partial charge in [-0.15, -0.1) is 0 Å². The largest absolute Gasteiger partial charge is 0.383 e. The van der Waals surface area contributed by atoms with Crippen LogP contribution in [0.3, 0.4) is 0 Å². The number of rotatable bonds is 11. The lowest BCUT2D eigenvalue weighted by atomic mass is 10.0. The van der Waals surface area contributed by atoms with Crippen LogP contribution in [-0.4, -0.2) is 49.8 Å². The molecule has 0 rings (SSSR count). The van der Waals surface area contributed by atoms with Crippen LogP contribution in [0.5, 0.6) is 0 Å². The molecule has 0 unspecified atom stereocenters. The van der Waals surface area contributed by atoms with Gasteiger partial charge in [0.05, 0.1) is 6.61 Å². The molecule has 0 bridgehead atoms. The Kier molecular flexibility index (Phi) is 9.70. The molecular weight excluding hydrogens is 224 g/mol. The monoisotopic (exact) mass is 258 g/mol. The second kappa shape index (κ2) is 9.76. The summed E-state index contributed by atoms with van der Waals surface area (Å²) in [6.45, 7) is 15.4. The lowest BCUT2D eigenvalue weighted by Crippen LogP contribution is -2.46. The maximum Gasteiger partial charge on any atom is 0.0589 e. The van der Waals surface area contributed by atoms with E-state index in [1.165, 1.54) is 12.8 Å². The van der Waals surface area contributed by atoms with Gasteiger partial charge in [-0.2, -0.15) is 0 Å². The summed E-state index contributed by atoms with van der Waals surface area (Å²) in [7, 11) is 1.78. The van der Waals surface area contributed by atoms with Crippen molar-refractivity contribution in [2.45, 2.75) is 65.5 Å². The topological polar surface area (TPSA) is 24.5 Å². The first-order valence-corrected chi connectivity index (χ1v) is 7.48. The molecular formula is C15H34N2O. The standard InChI is InChI=1S/C15H34N2O/c1-7-14(8-2)17(12-13-18-6)11-10-16-15(4,5)9-3/h14,16H,7-13H2,1-6H3. The molecule has 1 N–H and O–H groups in total. The van der Waals surface area contributed by atoms with Gasteiger partial charge in [-0.1, -0.05) is 20.8 Å². The summed E-state index contributed by atoms with van der Waals surface area (Å²) in [5.74, 6) is 0. The van der Waals surface area contributed by atoms with Crippen LogP contribution >= 0.6 is 0 Å². The summed E-state index contributed by atoms with van der Waals surface area (Å²) >= 11 is 0. The van der Waals surface area contributed by atoms with Crippen molar-refractivity contribution in [3.8, 4) is 0 Å². The Bertz CT molecular complexity index is 191. The highest BCUT2D eigenvalue weighted by molar-refractivity contribution is 4.77. The van der Waals surface area contributed by atoms with Gasteiger partial charge in [-0.3, -0.25) is 4.90 Å². The Balaban J connectivity index is 4.15. The second-order valence-electron chi connectivity index (χ2n) is 5.66. The molecule has 0 aliphatic heterocycles. The van der Waals surface area contributed by atoms with Gasteiger partial charge in [-0.05, 0) is 33.1 Å². The Morgan fingerprint density at radius 2 is 1.72 bits per heavy atom. The quantitative estimate of drug-likeness (QED) is 0.617. The van der Waals surface area contributed by atoms with Gasteiger partial charge < -0.3 is 10.1 Å². The van der Waals surface area contributed by atoms with Crippen LogP contribution in [0, 0.1) is 0 Å². The number of methoxy groups -OCH3 is 1. The second-order valence-corrected chi connectivity index (χ2v) is 5.66. The molecule has 0 saturated heterocycles. The molecule has 0 saturated carbocycles. The van der Waals surface area contributed by atoms with Gasteiger partial charge in [0.15, 0.2) is 0 Å². The number of nitrogens with zero attached hydrogens (tertiary/aromatic N) is 1. The van der Waals surface area contributed by atoms with E-state index in [9.17, 15) is 0 Å². The van der Waals surface area contributed by atoms with Crippen LogP contribution in [0.25, 0.3) is 0 Å². The first-order chi connectivity index (χ1) is 8.50. The van der Waals surface area contributed by atoms with Crippen molar-refractivity contribution in [2.75, 3.05) is 33.4 Å². The summed E-state index contributed by atoms with van der Waals surface area (Å²) in [4.78, 5) is 2.56. The molecule has 0 aromatic rings. The Morgan fingerprint density at radius 3 is 2.17 bits per heavy atom. The van der Waals surface area contributed by atoms with Crippen molar-refractivity contribution in [1.82, 2.24) is 10.2 Å². The van der Waals surface area contributed by atoms with Crippen LogP contribution in [0.15, 0.2) is 0 Å². The molecule has 0 atom stereocenters. The predicted octanol–water partition coefficient (Wildman–Crippen LogP) is 2.90. The van der Waals surface area contributed by atoms with Gasteiger partial charge in [0.1, 0.15) is 0 Å². The lowest BCUT2D eigenvalue weighted by Gasteiger charge is -2.32. The minimum Gasteiger partial charge on any atom is -0.383 e. The highest BCUT2D eigenvalue weighted by atomic mass is 16.5. The summed E-state index contributed by atoms with van der Waals surface area (Å²) in [5.41, 5.74) is 0.251. The van der Waals surface area contributed by atoms with Gasteiger partial charge >= 0.3 is 0 Å². The molecule has 0 aliphatic rings. The van der Waals surface area contributed by atoms with Crippen molar-refractivity contribution < 1.29 is 4.74 Å². The summed E-state index contributed by atoms with van der Waals surface area (Å²) in [6.07, 6.45) is 3.60. The molecule has 18 heavy (non-hydrogen) atoms. The van der Waals surface area contributed by atoms with Crippen LogP contribution in [0.4, 0.5) is 0 Å². The smallest absolute Gasteiger partial charge is 0.0589 e. The molecule has 3 heteroatoms. The van der Waals surface area contributed by atoms with Crippen LogP contribution < -0.4 is 5.32 Å². The first kappa shape index (κ1) is 17.9. The van der Waals surface area contributed by atoms with Crippen molar-refractivity contribution in [3.05, 3.63) is 0 Å². The third kappa shape index (κ3) is 7.34. The maximum atomic E-state index is 5.22. The van der Waals surface area contributed by atoms with E-state index in [2.05, 4.69) is 44.8 Å². The van der Waals surface area contributed by atoms with E-state index in [-0.39, 0.29) is 5.54 Å². The van der Waals surface area contributed by atoms with Crippen LogP contribution in [-0.2, 0) is 4.74 Å². The van der Waals surface area contributed by atoms with Gasteiger partial charge in [-0.25, -0.2) is 0 Å². The lowest BCUT2D eigenvalue weighted by molar-refractivity contribution is 0.114. The van der Waals surface area contributed by atoms with Crippen molar-refractivity contribution >= 4 is 0 Å². The molecule has 0 fully saturated rings. The number of hydrogen-bond donors (Lipinski definition) is 1. The van der Waals surface area contributed by atoms with Crippen molar-refractivity contribution in [3.63, 3.8) is 0 Å². The highest BCUT2D eigenvalue weighted by Gasteiger charge is 2.17. The van der Waals surface area contributed by atoms with E-state index in [0.29, 0.717) is 6.04 Å². The molecule has 0 radical (unpaired) electrons.